The van der Waals surface area contributed by atoms with E-state index < -0.39 is 39.1 Å². The Bertz CT molecular complexity index is 1120. The van der Waals surface area contributed by atoms with Gasteiger partial charge >= 0.3 is 6.09 Å². The summed E-state index contributed by atoms with van der Waals surface area (Å²) in [5.74, 6) is -0.818. The molecule has 164 valence electrons. The highest BCUT2D eigenvalue weighted by Crippen LogP contribution is 2.28. The van der Waals surface area contributed by atoms with Crippen LogP contribution in [0.4, 0.5) is 9.18 Å². The average Bonchev–Trinajstić information content (AvgIpc) is 2.85. The third-order valence-corrected chi connectivity index (χ3v) is 6.80. The fourth-order valence-corrected chi connectivity index (χ4v) is 5.31. The van der Waals surface area contributed by atoms with E-state index in [1.807, 2.05) is 0 Å². The number of H-pyrrole nitrogens is 1. The smallest absolute Gasteiger partial charge is 0.410 e. The van der Waals surface area contributed by atoms with Gasteiger partial charge < -0.3 is 14.6 Å². The van der Waals surface area contributed by atoms with Gasteiger partial charge in [0.25, 0.3) is 5.56 Å². The second kappa shape index (κ2) is 7.99. The summed E-state index contributed by atoms with van der Waals surface area (Å²) in [6.07, 6.45) is 0.757. The molecule has 0 aliphatic carbocycles. The molecule has 1 saturated heterocycles. The Morgan fingerprint density at radius 1 is 1.27 bits per heavy atom. The number of amides is 1. The zero-order chi connectivity index (χ0) is 22.3. The fourth-order valence-electron chi connectivity index (χ4n) is 3.53. The molecule has 0 unspecified atom stereocenters. The van der Waals surface area contributed by atoms with Crippen molar-refractivity contribution in [3.8, 4) is 0 Å². The number of carbonyl (C=O) groups excluding carboxylic acids is 1. The number of fused-ring (bicyclic) bond motifs is 1. The second-order valence-corrected chi connectivity index (χ2v) is 10.3. The maximum absolute atomic E-state index is 14.5. The van der Waals surface area contributed by atoms with Crippen molar-refractivity contribution < 1.29 is 22.3 Å². The molecular formula is C20H26FN3O5S. The molecule has 1 aromatic heterocycles. The van der Waals surface area contributed by atoms with Gasteiger partial charge in [0.05, 0.1) is 10.3 Å². The molecule has 2 aromatic rings. The number of hydrogen-bond acceptors (Lipinski definition) is 5. The zero-order valence-electron chi connectivity index (χ0n) is 17.4. The number of nitrogens with zero attached hydrogens (tertiary/aromatic N) is 2. The lowest BCUT2D eigenvalue weighted by Crippen LogP contribution is -2.45. The van der Waals surface area contributed by atoms with Gasteiger partial charge in [-0.1, -0.05) is 6.07 Å². The summed E-state index contributed by atoms with van der Waals surface area (Å²) in [6, 6.07) is 3.64. The monoisotopic (exact) mass is 439 g/mol. The van der Waals surface area contributed by atoms with Gasteiger partial charge in [-0.2, -0.15) is 4.31 Å². The number of nitrogens with one attached hydrogen (secondary N) is 1. The average molecular weight is 440 g/mol. The van der Waals surface area contributed by atoms with Crippen molar-refractivity contribution in [1.29, 1.82) is 0 Å². The number of aromatic amines is 1. The zero-order valence-corrected chi connectivity index (χ0v) is 18.3. The van der Waals surface area contributed by atoms with E-state index in [1.54, 1.807) is 27.7 Å². The predicted molar refractivity (Wildman–Crippen MR) is 110 cm³/mol. The second-order valence-electron chi connectivity index (χ2n) is 8.38. The van der Waals surface area contributed by atoms with Crippen molar-refractivity contribution >= 4 is 26.9 Å². The highest BCUT2D eigenvalue weighted by atomic mass is 32.2. The van der Waals surface area contributed by atoms with Gasteiger partial charge in [-0.3, -0.25) is 4.79 Å². The minimum atomic E-state index is -4.11. The van der Waals surface area contributed by atoms with Crippen LogP contribution >= 0.6 is 0 Å². The van der Waals surface area contributed by atoms with Crippen LogP contribution in [0, 0.1) is 5.82 Å². The number of ether oxygens (including phenoxy) is 1. The Labute approximate surface area is 174 Å². The summed E-state index contributed by atoms with van der Waals surface area (Å²) < 4.78 is 47.9. The Balaban J connectivity index is 1.95. The molecule has 0 radical (unpaired) electrons. The van der Waals surface area contributed by atoms with E-state index in [-0.39, 0.29) is 28.8 Å². The Morgan fingerprint density at radius 3 is 2.63 bits per heavy atom. The summed E-state index contributed by atoms with van der Waals surface area (Å²) in [4.78, 5) is 28.0. The van der Waals surface area contributed by atoms with Crippen LogP contribution in [0.15, 0.2) is 34.1 Å². The van der Waals surface area contributed by atoms with E-state index in [4.69, 9.17) is 4.74 Å². The molecule has 1 aromatic carbocycles. The molecule has 1 amide bonds. The third kappa shape index (κ3) is 4.34. The molecule has 0 spiro atoms. The molecule has 1 atom stereocenters. The molecule has 1 aliphatic rings. The van der Waals surface area contributed by atoms with E-state index in [0.29, 0.717) is 13.0 Å². The molecule has 8 nitrogen and oxygen atoms in total. The molecule has 2 heterocycles. The quantitative estimate of drug-likeness (QED) is 0.776. The Kier molecular flexibility index (Phi) is 5.92. The van der Waals surface area contributed by atoms with Gasteiger partial charge in [0.2, 0.25) is 10.0 Å². The van der Waals surface area contributed by atoms with Crippen molar-refractivity contribution in [2.75, 3.05) is 19.6 Å². The first-order valence-corrected chi connectivity index (χ1v) is 11.2. The van der Waals surface area contributed by atoms with Crippen molar-refractivity contribution in [3.63, 3.8) is 0 Å². The van der Waals surface area contributed by atoms with E-state index >= 15 is 0 Å². The summed E-state index contributed by atoms with van der Waals surface area (Å²) >= 11 is 0. The van der Waals surface area contributed by atoms with Gasteiger partial charge in [0.1, 0.15) is 11.4 Å². The number of pyridine rings is 1. The van der Waals surface area contributed by atoms with Crippen molar-refractivity contribution in [2.24, 2.45) is 0 Å². The van der Waals surface area contributed by atoms with Crippen LogP contribution < -0.4 is 5.56 Å². The highest BCUT2D eigenvalue weighted by molar-refractivity contribution is 7.89. The summed E-state index contributed by atoms with van der Waals surface area (Å²) in [7, 11) is -4.11. The lowest BCUT2D eigenvalue weighted by Gasteiger charge is -2.31. The first kappa shape index (κ1) is 22.2. The maximum Gasteiger partial charge on any atom is 0.410 e. The predicted octanol–water partition coefficient (Wildman–Crippen LogP) is 2.69. The molecule has 1 fully saturated rings. The number of sulfonamides is 1. The number of hydrogen-bond donors (Lipinski definition) is 1. The third-order valence-electron chi connectivity index (χ3n) is 4.89. The minimum absolute atomic E-state index is 0.0305. The van der Waals surface area contributed by atoms with E-state index in [9.17, 15) is 22.4 Å². The first-order valence-electron chi connectivity index (χ1n) is 9.71. The van der Waals surface area contributed by atoms with Crippen LogP contribution in [0.1, 0.15) is 34.1 Å². The maximum atomic E-state index is 14.5. The van der Waals surface area contributed by atoms with E-state index in [2.05, 4.69) is 4.98 Å². The first-order chi connectivity index (χ1) is 13.9. The molecule has 0 saturated carbocycles. The minimum Gasteiger partial charge on any atom is -0.444 e. The normalized spacial score (nSPS) is 19.0. The summed E-state index contributed by atoms with van der Waals surface area (Å²) in [6.45, 7) is 7.57. The summed E-state index contributed by atoms with van der Waals surface area (Å²) in [5.41, 5.74) is -1.23. The lowest BCUT2D eigenvalue weighted by atomic mass is 10.2. The SMILES string of the molecule is C[C@H]1CN(S(=O)(=O)c2cccc3c(=O)[nH]cc(F)c23)CCCN1C(=O)OC(C)(C)C. The fraction of sp³-hybridized carbons (Fsp3) is 0.500. The van der Waals surface area contributed by atoms with Crippen LogP contribution in [-0.4, -0.2) is 60.0 Å². The largest absolute Gasteiger partial charge is 0.444 e. The van der Waals surface area contributed by atoms with Gasteiger partial charge in [0.15, 0.2) is 0 Å². The topological polar surface area (TPSA) is 99.8 Å². The molecule has 1 N–H and O–H groups in total. The van der Waals surface area contributed by atoms with Gasteiger partial charge in [-0.25, -0.2) is 17.6 Å². The van der Waals surface area contributed by atoms with Gasteiger partial charge in [0, 0.05) is 37.3 Å². The van der Waals surface area contributed by atoms with Crippen molar-refractivity contribution in [2.45, 2.75) is 50.7 Å². The van der Waals surface area contributed by atoms with Gasteiger partial charge in [-0.15, -0.1) is 0 Å². The van der Waals surface area contributed by atoms with Crippen LogP contribution in [0.3, 0.4) is 0 Å². The molecule has 3 rings (SSSR count). The summed E-state index contributed by atoms with van der Waals surface area (Å²) in [5, 5.41) is -0.267. The molecule has 0 bridgehead atoms. The Morgan fingerprint density at radius 2 is 1.97 bits per heavy atom. The van der Waals surface area contributed by atoms with E-state index in [0.717, 1.165) is 6.20 Å². The van der Waals surface area contributed by atoms with Crippen molar-refractivity contribution in [1.82, 2.24) is 14.2 Å². The highest BCUT2D eigenvalue weighted by Gasteiger charge is 2.35. The standard InChI is InChI=1S/C20H26FN3O5S/c1-13-12-23(9-6-10-24(13)19(26)29-20(2,3)4)30(27,28)16-8-5-7-14-17(16)15(21)11-22-18(14)25/h5,7-8,11,13H,6,9-10,12H2,1-4H3,(H,22,25)/t13-/m0/s1. The van der Waals surface area contributed by atoms with Crippen LogP contribution in [-0.2, 0) is 14.8 Å². The molecule has 30 heavy (non-hydrogen) atoms. The molecule has 1 aliphatic heterocycles. The number of halogens is 1. The van der Waals surface area contributed by atoms with Crippen LogP contribution in [0.2, 0.25) is 0 Å². The number of benzene rings is 1. The van der Waals surface area contributed by atoms with Gasteiger partial charge in [-0.05, 0) is 46.2 Å². The number of aromatic nitrogens is 1. The van der Waals surface area contributed by atoms with Crippen LogP contribution in [0.25, 0.3) is 10.8 Å². The number of carbonyl (C=O) groups is 1. The lowest BCUT2D eigenvalue weighted by molar-refractivity contribution is 0.0187. The van der Waals surface area contributed by atoms with E-state index in [1.165, 1.54) is 27.4 Å². The molecular weight excluding hydrogens is 413 g/mol. The van der Waals surface area contributed by atoms with Crippen LogP contribution in [0.5, 0.6) is 0 Å². The Hall–Kier alpha value is -2.46. The molecule has 10 heteroatoms. The van der Waals surface area contributed by atoms with Crippen molar-refractivity contribution in [3.05, 3.63) is 40.6 Å². The number of rotatable bonds is 2.